The molecule has 1 aliphatic heterocycles. The second-order valence-electron chi connectivity index (χ2n) is 4.77. The lowest BCUT2D eigenvalue weighted by atomic mass is 10.1. The number of hydrogen-bond acceptors (Lipinski definition) is 4. The van der Waals surface area contributed by atoms with Crippen LogP contribution in [0.1, 0.15) is 0 Å². The number of hydrogen-bond donors (Lipinski definition) is 0. The number of fused-ring (bicyclic) bond motifs is 1. The Labute approximate surface area is 121 Å². The first kappa shape index (κ1) is 12.8. The van der Waals surface area contributed by atoms with Gasteiger partial charge in [-0.05, 0) is 0 Å². The van der Waals surface area contributed by atoms with Crippen molar-refractivity contribution in [1.82, 2.24) is 15.1 Å². The van der Waals surface area contributed by atoms with E-state index in [1.165, 1.54) is 5.39 Å². The maximum atomic E-state index is 4.35. The number of halogens is 1. The summed E-state index contributed by atoms with van der Waals surface area (Å²) in [5.41, 5.74) is 0. The summed E-state index contributed by atoms with van der Waals surface area (Å²) in [6, 6.07) is 8.33. The van der Waals surface area contributed by atoms with Gasteiger partial charge in [0, 0.05) is 48.8 Å². The van der Waals surface area contributed by atoms with Gasteiger partial charge in [-0.1, -0.05) is 40.2 Å². The van der Waals surface area contributed by atoms with Gasteiger partial charge in [-0.2, -0.15) is 5.10 Å². The van der Waals surface area contributed by atoms with Crippen LogP contribution in [0.15, 0.2) is 30.5 Å². The van der Waals surface area contributed by atoms with Gasteiger partial charge in [-0.25, -0.2) is 0 Å². The fourth-order valence-corrected chi connectivity index (χ4v) is 3.05. The number of benzene rings is 1. The summed E-state index contributed by atoms with van der Waals surface area (Å²) in [6.45, 7) is 5.35. The summed E-state index contributed by atoms with van der Waals surface area (Å²) in [4.78, 5) is 4.82. The van der Waals surface area contributed by atoms with Crippen LogP contribution in [0.5, 0.6) is 0 Å². The highest BCUT2D eigenvalue weighted by atomic mass is 79.9. The Balaban J connectivity index is 1.82. The first-order valence-electron chi connectivity index (χ1n) is 6.62. The van der Waals surface area contributed by atoms with Gasteiger partial charge in [0.15, 0.2) is 5.82 Å². The van der Waals surface area contributed by atoms with Gasteiger partial charge in [0.1, 0.15) is 0 Å². The molecule has 1 aromatic carbocycles. The molecule has 2 heterocycles. The first-order chi connectivity index (χ1) is 9.38. The SMILES string of the molecule is BrCCN1CCN(c2nncc3ccccc23)CC1. The molecule has 2 aromatic rings. The van der Waals surface area contributed by atoms with Crippen molar-refractivity contribution in [1.29, 1.82) is 0 Å². The van der Waals surface area contributed by atoms with E-state index < -0.39 is 0 Å². The maximum Gasteiger partial charge on any atom is 0.159 e. The van der Waals surface area contributed by atoms with E-state index in [1.54, 1.807) is 0 Å². The molecule has 0 amide bonds. The molecule has 0 unspecified atom stereocenters. The van der Waals surface area contributed by atoms with Crippen LogP contribution in [-0.4, -0.2) is 53.2 Å². The van der Waals surface area contributed by atoms with Gasteiger partial charge in [0.25, 0.3) is 0 Å². The second kappa shape index (κ2) is 5.84. The Morgan fingerprint density at radius 2 is 1.89 bits per heavy atom. The van der Waals surface area contributed by atoms with E-state index in [0.29, 0.717) is 0 Å². The molecule has 0 saturated carbocycles. The van der Waals surface area contributed by atoms with E-state index in [4.69, 9.17) is 0 Å². The topological polar surface area (TPSA) is 32.3 Å². The highest BCUT2D eigenvalue weighted by Crippen LogP contribution is 2.23. The second-order valence-corrected chi connectivity index (χ2v) is 5.57. The third-order valence-corrected chi connectivity index (χ3v) is 3.98. The van der Waals surface area contributed by atoms with Crippen LogP contribution in [-0.2, 0) is 0 Å². The van der Waals surface area contributed by atoms with Crippen LogP contribution >= 0.6 is 15.9 Å². The monoisotopic (exact) mass is 320 g/mol. The summed E-state index contributed by atoms with van der Waals surface area (Å²) in [6.07, 6.45) is 1.83. The molecule has 0 N–H and O–H groups in total. The first-order valence-corrected chi connectivity index (χ1v) is 7.74. The van der Waals surface area contributed by atoms with E-state index in [2.05, 4.69) is 54.1 Å². The summed E-state index contributed by atoms with van der Waals surface area (Å²) in [7, 11) is 0. The molecule has 0 radical (unpaired) electrons. The lowest BCUT2D eigenvalue weighted by Crippen LogP contribution is -2.47. The van der Waals surface area contributed by atoms with Crippen molar-refractivity contribution in [3.63, 3.8) is 0 Å². The van der Waals surface area contributed by atoms with Crippen molar-refractivity contribution < 1.29 is 0 Å². The third-order valence-electron chi connectivity index (χ3n) is 3.62. The lowest BCUT2D eigenvalue weighted by molar-refractivity contribution is 0.273. The quantitative estimate of drug-likeness (QED) is 0.811. The van der Waals surface area contributed by atoms with E-state index in [-0.39, 0.29) is 0 Å². The molecule has 0 atom stereocenters. The lowest BCUT2D eigenvalue weighted by Gasteiger charge is -2.35. The molecule has 5 heteroatoms. The number of piperazine rings is 1. The molecule has 1 fully saturated rings. The molecule has 0 spiro atoms. The molecule has 0 aliphatic carbocycles. The standard InChI is InChI=1S/C14H17BrN4/c15-5-6-18-7-9-19(10-8-18)14-13-4-2-1-3-12(13)11-16-17-14/h1-4,11H,5-10H2. The molecule has 1 saturated heterocycles. The number of rotatable bonds is 3. The molecule has 4 nitrogen and oxygen atoms in total. The summed E-state index contributed by atoms with van der Waals surface area (Å²) < 4.78 is 0. The van der Waals surface area contributed by atoms with Gasteiger partial charge < -0.3 is 4.90 Å². The normalized spacial score (nSPS) is 17.0. The molecule has 1 aliphatic rings. The van der Waals surface area contributed by atoms with Crippen LogP contribution in [0.2, 0.25) is 0 Å². The zero-order valence-electron chi connectivity index (χ0n) is 10.8. The highest BCUT2D eigenvalue weighted by Gasteiger charge is 2.19. The van der Waals surface area contributed by atoms with Crippen molar-refractivity contribution in [2.45, 2.75) is 0 Å². The van der Waals surface area contributed by atoms with Gasteiger partial charge in [-0.15, -0.1) is 5.10 Å². The predicted octanol–water partition coefficient (Wildman–Crippen LogP) is 2.15. The van der Waals surface area contributed by atoms with E-state index in [1.807, 2.05) is 12.3 Å². The van der Waals surface area contributed by atoms with Crippen LogP contribution in [0, 0.1) is 0 Å². The van der Waals surface area contributed by atoms with Gasteiger partial charge in [0.05, 0.1) is 6.20 Å². The largest absolute Gasteiger partial charge is 0.352 e. The van der Waals surface area contributed by atoms with Crippen molar-refractivity contribution in [3.05, 3.63) is 30.5 Å². The minimum absolute atomic E-state index is 1.02. The zero-order valence-corrected chi connectivity index (χ0v) is 12.4. The minimum atomic E-state index is 1.02. The molecule has 19 heavy (non-hydrogen) atoms. The molecule has 3 rings (SSSR count). The number of anilines is 1. The number of alkyl halides is 1. The van der Waals surface area contributed by atoms with Gasteiger partial charge in [0.2, 0.25) is 0 Å². The molecular weight excluding hydrogens is 304 g/mol. The Morgan fingerprint density at radius 1 is 1.11 bits per heavy atom. The third kappa shape index (κ3) is 2.72. The van der Waals surface area contributed by atoms with E-state index in [9.17, 15) is 0 Å². The average molecular weight is 321 g/mol. The van der Waals surface area contributed by atoms with Crippen molar-refractivity contribution >= 4 is 32.5 Å². The van der Waals surface area contributed by atoms with Crippen molar-refractivity contribution in [3.8, 4) is 0 Å². The Kier molecular flexibility index (Phi) is 3.94. The number of nitrogens with zero attached hydrogens (tertiary/aromatic N) is 4. The van der Waals surface area contributed by atoms with Crippen LogP contribution < -0.4 is 4.90 Å². The maximum absolute atomic E-state index is 4.35. The summed E-state index contributed by atoms with van der Waals surface area (Å²) in [5.74, 6) is 1.02. The van der Waals surface area contributed by atoms with Crippen LogP contribution in [0.3, 0.4) is 0 Å². The minimum Gasteiger partial charge on any atom is -0.352 e. The zero-order chi connectivity index (χ0) is 13.1. The Morgan fingerprint density at radius 3 is 2.68 bits per heavy atom. The average Bonchev–Trinajstić information content (AvgIpc) is 2.48. The highest BCUT2D eigenvalue weighted by molar-refractivity contribution is 9.09. The number of aromatic nitrogens is 2. The van der Waals surface area contributed by atoms with Gasteiger partial charge in [-0.3, -0.25) is 4.90 Å². The fourth-order valence-electron chi connectivity index (χ4n) is 2.55. The van der Waals surface area contributed by atoms with E-state index >= 15 is 0 Å². The van der Waals surface area contributed by atoms with E-state index in [0.717, 1.165) is 49.3 Å². The molecule has 0 bridgehead atoms. The molecular formula is C14H17BrN4. The Bertz CT molecular complexity index is 547. The molecule has 100 valence electrons. The fraction of sp³-hybridized carbons (Fsp3) is 0.429. The smallest absolute Gasteiger partial charge is 0.159 e. The summed E-state index contributed by atoms with van der Waals surface area (Å²) >= 11 is 3.50. The van der Waals surface area contributed by atoms with Crippen LogP contribution in [0.4, 0.5) is 5.82 Å². The van der Waals surface area contributed by atoms with Crippen molar-refractivity contribution in [2.75, 3.05) is 43.0 Å². The van der Waals surface area contributed by atoms with Gasteiger partial charge >= 0.3 is 0 Å². The van der Waals surface area contributed by atoms with Crippen LogP contribution in [0.25, 0.3) is 10.8 Å². The molecule has 1 aromatic heterocycles. The predicted molar refractivity (Wildman–Crippen MR) is 82.0 cm³/mol. The summed E-state index contributed by atoms with van der Waals surface area (Å²) in [5, 5.41) is 11.9. The van der Waals surface area contributed by atoms with Crippen molar-refractivity contribution in [2.24, 2.45) is 0 Å². The Hall–Kier alpha value is -1.20.